The van der Waals surface area contributed by atoms with E-state index in [0.29, 0.717) is 35.1 Å². The van der Waals surface area contributed by atoms with Gasteiger partial charge in [-0.2, -0.15) is 0 Å². The number of nitrogens with zero attached hydrogens (tertiary/aromatic N) is 3. The zero-order chi connectivity index (χ0) is 25.5. The number of carbonyl (C=O) groups is 3. The molecule has 0 aliphatic carbocycles. The third-order valence-electron chi connectivity index (χ3n) is 7.03. The lowest BCUT2D eigenvalue weighted by atomic mass is 10.0. The minimum Gasteiger partial charge on any atom is -0.337 e. The standard InChI is InChI=1S/C27H24ClN5O3S/c28-19-4-1-16(2-5-19)18-3-6-21-20(13-18)26(35)33-12-11-32(14-23(33)24(34)30-21)27(36)22-15-37-25(31-22)17-7-9-29-10-8-17/h1-10,13,22-23,25,31H,11-12,14-15H2,(H,30,34). The van der Waals surface area contributed by atoms with Gasteiger partial charge in [-0.1, -0.05) is 29.8 Å². The molecule has 2 N–H and O–H groups in total. The molecule has 1 aromatic heterocycles. The smallest absolute Gasteiger partial charge is 0.256 e. The highest BCUT2D eigenvalue weighted by atomic mass is 35.5. The van der Waals surface area contributed by atoms with Crippen LogP contribution in [0, 0.1) is 0 Å². The van der Waals surface area contributed by atoms with Gasteiger partial charge in [-0.3, -0.25) is 24.7 Å². The first-order valence-corrected chi connectivity index (χ1v) is 13.5. The highest BCUT2D eigenvalue weighted by molar-refractivity contribution is 7.99. The molecule has 3 aliphatic heterocycles. The van der Waals surface area contributed by atoms with E-state index in [1.165, 1.54) is 0 Å². The zero-order valence-electron chi connectivity index (χ0n) is 19.8. The Bertz CT molecular complexity index is 1370. The molecule has 3 atom stereocenters. The van der Waals surface area contributed by atoms with Crippen LogP contribution in [0.5, 0.6) is 0 Å². The summed E-state index contributed by atoms with van der Waals surface area (Å²) < 4.78 is 0. The summed E-state index contributed by atoms with van der Waals surface area (Å²) >= 11 is 7.70. The van der Waals surface area contributed by atoms with Gasteiger partial charge in [-0.05, 0) is 53.1 Å². The predicted octanol–water partition coefficient (Wildman–Crippen LogP) is 3.41. The van der Waals surface area contributed by atoms with Gasteiger partial charge < -0.3 is 15.1 Å². The largest absolute Gasteiger partial charge is 0.337 e. The number of fused-ring (bicyclic) bond motifs is 2. The van der Waals surface area contributed by atoms with Gasteiger partial charge in [0.05, 0.1) is 29.2 Å². The molecule has 188 valence electrons. The van der Waals surface area contributed by atoms with E-state index in [9.17, 15) is 14.4 Å². The number of amides is 3. The van der Waals surface area contributed by atoms with E-state index < -0.39 is 6.04 Å². The summed E-state index contributed by atoms with van der Waals surface area (Å²) in [5, 5.41) is 6.97. The molecule has 3 aromatic rings. The van der Waals surface area contributed by atoms with Gasteiger partial charge in [-0.25, -0.2) is 0 Å². The number of rotatable bonds is 3. The molecule has 2 saturated heterocycles. The summed E-state index contributed by atoms with van der Waals surface area (Å²) in [7, 11) is 0. The molecule has 0 spiro atoms. The number of carbonyl (C=O) groups excluding carboxylic acids is 3. The van der Waals surface area contributed by atoms with Gasteiger partial charge in [0.25, 0.3) is 5.91 Å². The van der Waals surface area contributed by atoms with Crippen LogP contribution in [0.2, 0.25) is 5.02 Å². The predicted molar refractivity (Wildman–Crippen MR) is 143 cm³/mol. The van der Waals surface area contributed by atoms with Crippen molar-refractivity contribution in [2.75, 3.05) is 30.7 Å². The Hall–Kier alpha value is -3.40. The fraction of sp³-hybridized carbons (Fsp3) is 0.259. The third-order valence-corrected chi connectivity index (χ3v) is 8.55. The minimum atomic E-state index is -0.748. The third kappa shape index (κ3) is 4.58. The summed E-state index contributed by atoms with van der Waals surface area (Å²) in [5.41, 5.74) is 3.78. The van der Waals surface area contributed by atoms with Gasteiger partial charge in [0.15, 0.2) is 0 Å². The number of benzene rings is 2. The van der Waals surface area contributed by atoms with Crippen molar-refractivity contribution in [1.82, 2.24) is 20.1 Å². The maximum atomic E-state index is 13.6. The zero-order valence-corrected chi connectivity index (χ0v) is 21.3. The van der Waals surface area contributed by atoms with Crippen LogP contribution in [0.4, 0.5) is 5.69 Å². The lowest BCUT2D eigenvalue weighted by Gasteiger charge is -2.40. The van der Waals surface area contributed by atoms with Crippen molar-refractivity contribution in [3.05, 3.63) is 83.1 Å². The van der Waals surface area contributed by atoms with Crippen LogP contribution in [-0.2, 0) is 9.59 Å². The number of anilines is 1. The van der Waals surface area contributed by atoms with E-state index >= 15 is 0 Å². The first kappa shape index (κ1) is 24.0. The second kappa shape index (κ2) is 9.81. The van der Waals surface area contributed by atoms with Gasteiger partial charge in [-0.15, -0.1) is 11.8 Å². The van der Waals surface area contributed by atoms with Crippen molar-refractivity contribution in [2.24, 2.45) is 0 Å². The number of halogens is 1. The molecule has 3 aliphatic rings. The molecule has 0 radical (unpaired) electrons. The van der Waals surface area contributed by atoms with Gasteiger partial charge >= 0.3 is 0 Å². The summed E-state index contributed by atoms with van der Waals surface area (Å²) in [5.74, 6) is 0.0948. The van der Waals surface area contributed by atoms with Crippen LogP contribution in [0.1, 0.15) is 21.3 Å². The molecule has 0 bridgehead atoms. The Kier molecular flexibility index (Phi) is 6.36. The van der Waals surface area contributed by atoms with E-state index in [4.69, 9.17) is 11.6 Å². The number of aromatic nitrogens is 1. The van der Waals surface area contributed by atoms with Crippen LogP contribution in [0.15, 0.2) is 67.0 Å². The lowest BCUT2D eigenvalue weighted by Crippen LogP contribution is -2.61. The average molecular weight is 534 g/mol. The SMILES string of the molecule is O=C1Nc2ccc(-c3ccc(Cl)cc3)cc2C(=O)N2CCN(C(=O)C3CSC(c4ccncc4)N3)CC12. The molecule has 2 aromatic carbocycles. The fourth-order valence-corrected chi connectivity index (χ4v) is 6.40. The van der Waals surface area contributed by atoms with E-state index in [1.807, 2.05) is 30.3 Å². The number of hydrogen-bond donors (Lipinski definition) is 2. The molecule has 0 saturated carbocycles. The van der Waals surface area contributed by atoms with Crippen molar-refractivity contribution in [2.45, 2.75) is 17.5 Å². The Morgan fingerprint density at radius 1 is 1.00 bits per heavy atom. The van der Waals surface area contributed by atoms with Crippen molar-refractivity contribution in [3.63, 3.8) is 0 Å². The number of pyridine rings is 1. The van der Waals surface area contributed by atoms with Crippen LogP contribution >= 0.6 is 23.4 Å². The molecule has 6 rings (SSSR count). The summed E-state index contributed by atoms with van der Waals surface area (Å²) in [6.45, 7) is 0.835. The molecular weight excluding hydrogens is 510 g/mol. The van der Waals surface area contributed by atoms with Gasteiger partial charge in [0.1, 0.15) is 6.04 Å². The molecule has 2 fully saturated rings. The van der Waals surface area contributed by atoms with Crippen molar-refractivity contribution < 1.29 is 14.4 Å². The molecule has 3 amide bonds. The van der Waals surface area contributed by atoms with E-state index in [-0.39, 0.29) is 35.7 Å². The lowest BCUT2D eigenvalue weighted by molar-refractivity contribution is -0.137. The molecule has 37 heavy (non-hydrogen) atoms. The first-order valence-electron chi connectivity index (χ1n) is 12.1. The van der Waals surface area contributed by atoms with Crippen molar-refractivity contribution in [1.29, 1.82) is 0 Å². The Labute approximate surface area is 223 Å². The number of nitrogens with one attached hydrogen (secondary N) is 2. The molecule has 4 heterocycles. The second-order valence-electron chi connectivity index (χ2n) is 9.27. The van der Waals surface area contributed by atoms with Crippen LogP contribution in [0.25, 0.3) is 11.1 Å². The Balaban J connectivity index is 1.18. The molecular formula is C27H24ClN5O3S. The fourth-order valence-electron chi connectivity index (χ4n) is 5.04. The van der Waals surface area contributed by atoms with Crippen molar-refractivity contribution >= 4 is 46.8 Å². The number of piperazine rings is 1. The monoisotopic (exact) mass is 533 g/mol. The Morgan fingerprint density at radius 2 is 1.76 bits per heavy atom. The molecule has 10 heteroatoms. The van der Waals surface area contributed by atoms with E-state index in [1.54, 1.807) is 58.2 Å². The topological polar surface area (TPSA) is 94.6 Å². The molecule has 8 nitrogen and oxygen atoms in total. The van der Waals surface area contributed by atoms with E-state index in [0.717, 1.165) is 16.7 Å². The summed E-state index contributed by atoms with van der Waals surface area (Å²) in [6.07, 6.45) is 3.48. The number of thioether (sulfide) groups is 1. The van der Waals surface area contributed by atoms with Crippen LogP contribution in [-0.4, -0.2) is 70.0 Å². The summed E-state index contributed by atoms with van der Waals surface area (Å²) in [6, 6.07) is 15.6. The maximum absolute atomic E-state index is 13.6. The highest BCUT2D eigenvalue weighted by Gasteiger charge is 2.42. The van der Waals surface area contributed by atoms with Gasteiger partial charge in [0.2, 0.25) is 11.8 Å². The van der Waals surface area contributed by atoms with Crippen molar-refractivity contribution in [3.8, 4) is 11.1 Å². The second-order valence-corrected chi connectivity index (χ2v) is 10.8. The average Bonchev–Trinajstić information content (AvgIpc) is 3.40. The first-order chi connectivity index (χ1) is 18.0. The van der Waals surface area contributed by atoms with Gasteiger partial charge in [0, 0.05) is 36.3 Å². The normalized spacial score (nSPS) is 23.2. The Morgan fingerprint density at radius 3 is 2.54 bits per heavy atom. The number of hydrogen-bond acceptors (Lipinski definition) is 6. The highest BCUT2D eigenvalue weighted by Crippen LogP contribution is 2.34. The quantitative estimate of drug-likeness (QED) is 0.536. The van der Waals surface area contributed by atoms with E-state index in [2.05, 4.69) is 15.6 Å². The maximum Gasteiger partial charge on any atom is 0.256 e. The minimum absolute atomic E-state index is 0.0188. The van der Waals surface area contributed by atoms with Crippen LogP contribution < -0.4 is 10.6 Å². The molecule has 3 unspecified atom stereocenters. The summed E-state index contributed by atoms with van der Waals surface area (Å²) in [4.78, 5) is 47.5. The van der Waals surface area contributed by atoms with Crippen LogP contribution in [0.3, 0.4) is 0 Å².